The molecule has 0 radical (unpaired) electrons. The molecule has 6 nitrogen and oxygen atoms in total. The van der Waals surface area contributed by atoms with E-state index in [0.29, 0.717) is 0 Å². The molecule has 0 fully saturated rings. The van der Waals surface area contributed by atoms with Gasteiger partial charge >= 0.3 is 0 Å². The molecule has 80 valence electrons. The summed E-state index contributed by atoms with van der Waals surface area (Å²) < 4.78 is 23.7. The van der Waals surface area contributed by atoms with E-state index in [1.807, 2.05) is 0 Å². The first-order valence-electron chi connectivity index (χ1n) is 3.69. The average Bonchev–Trinajstić information content (AvgIpc) is 1.97. The number of nitrogens with one attached hydrogen (secondary N) is 2. The van der Waals surface area contributed by atoms with Gasteiger partial charge in [0.15, 0.2) is 0 Å². The van der Waals surface area contributed by atoms with E-state index < -0.39 is 27.7 Å². The fourth-order valence-electron chi connectivity index (χ4n) is 0.567. The highest BCUT2D eigenvalue weighted by atomic mass is 32.2. The first-order chi connectivity index (χ1) is 6.24. The molecule has 2 amide bonds. The second-order valence-electron chi connectivity index (χ2n) is 2.70. The number of amides is 2. The lowest BCUT2D eigenvalue weighted by Crippen LogP contribution is -2.38. The molecule has 14 heavy (non-hydrogen) atoms. The molecule has 0 aromatic heterocycles. The third-order valence-electron chi connectivity index (χ3n) is 1.11. The molecule has 0 bridgehead atoms. The van der Waals surface area contributed by atoms with Crippen LogP contribution in [0.15, 0.2) is 12.2 Å². The molecule has 0 spiro atoms. The fraction of sp³-hybridized carbons (Fsp3) is 0.429. The molecule has 0 saturated carbocycles. The number of carbonyl (C=O) groups is 2. The van der Waals surface area contributed by atoms with E-state index in [4.69, 9.17) is 0 Å². The number of hydrogen-bond acceptors (Lipinski definition) is 4. The quantitative estimate of drug-likeness (QED) is 0.601. The topological polar surface area (TPSA) is 92.3 Å². The van der Waals surface area contributed by atoms with Crippen LogP contribution in [0.3, 0.4) is 0 Å². The highest BCUT2D eigenvalue weighted by molar-refractivity contribution is 7.90. The minimum Gasteiger partial charge on any atom is -0.337 e. The highest BCUT2D eigenvalue weighted by Crippen LogP contribution is 1.87. The third-order valence-corrected chi connectivity index (χ3v) is 2.23. The van der Waals surface area contributed by atoms with Gasteiger partial charge in [0.1, 0.15) is 5.88 Å². The van der Waals surface area contributed by atoms with Gasteiger partial charge < -0.3 is 5.32 Å². The van der Waals surface area contributed by atoms with Gasteiger partial charge in [0.05, 0.1) is 0 Å². The third kappa shape index (κ3) is 5.31. The summed E-state index contributed by atoms with van der Waals surface area (Å²) in [6, 6.07) is 0. The molecular formula is C7H12N2O4S. The van der Waals surface area contributed by atoms with Crippen molar-refractivity contribution in [3.8, 4) is 0 Å². The summed E-state index contributed by atoms with van der Waals surface area (Å²) in [7, 11) is -3.78. The van der Waals surface area contributed by atoms with Crippen LogP contribution < -0.4 is 10.0 Å². The van der Waals surface area contributed by atoms with Crippen LogP contribution in [-0.4, -0.2) is 26.1 Å². The molecule has 0 atom stereocenters. The van der Waals surface area contributed by atoms with Crippen LogP contribution in [0.25, 0.3) is 0 Å². The molecule has 0 aliphatic carbocycles. The van der Waals surface area contributed by atoms with Crippen LogP contribution in [-0.2, 0) is 19.6 Å². The van der Waals surface area contributed by atoms with Crippen molar-refractivity contribution in [3.05, 3.63) is 12.2 Å². The first kappa shape index (κ1) is 12.6. The number of carbonyl (C=O) groups excluding carboxylic acids is 2. The van der Waals surface area contributed by atoms with Gasteiger partial charge in [0.25, 0.3) is 10.0 Å². The van der Waals surface area contributed by atoms with Crippen molar-refractivity contribution in [2.45, 2.75) is 13.8 Å². The summed E-state index contributed by atoms with van der Waals surface area (Å²) in [6.45, 7) is 5.83. The standard InChI is InChI=1S/C7H12N2O4S/c1-5(2)7(11)8-4-14(12,13)9-6(3)10/h1,4H2,2-3H3,(H,8,11)(H,9,10). The van der Waals surface area contributed by atoms with E-state index >= 15 is 0 Å². The lowest BCUT2D eigenvalue weighted by molar-refractivity contribution is -0.118. The van der Waals surface area contributed by atoms with Gasteiger partial charge in [-0.3, -0.25) is 14.3 Å². The Bertz CT molecular complexity index is 358. The zero-order valence-electron chi connectivity index (χ0n) is 7.96. The summed E-state index contributed by atoms with van der Waals surface area (Å²) in [5.41, 5.74) is 0.197. The first-order valence-corrected chi connectivity index (χ1v) is 5.34. The lowest BCUT2D eigenvalue weighted by atomic mass is 10.3. The van der Waals surface area contributed by atoms with Crippen molar-refractivity contribution in [2.75, 3.05) is 5.88 Å². The predicted octanol–water partition coefficient (Wildman–Crippen LogP) is -0.898. The summed E-state index contributed by atoms with van der Waals surface area (Å²) in [5.74, 6) is -1.91. The van der Waals surface area contributed by atoms with E-state index in [2.05, 4.69) is 11.9 Å². The Hall–Kier alpha value is -1.37. The molecule has 7 heteroatoms. The normalized spacial score (nSPS) is 10.4. The van der Waals surface area contributed by atoms with Crippen molar-refractivity contribution in [3.63, 3.8) is 0 Å². The molecule has 0 aliphatic heterocycles. The van der Waals surface area contributed by atoms with Crippen LogP contribution in [0.2, 0.25) is 0 Å². The van der Waals surface area contributed by atoms with E-state index in [0.717, 1.165) is 6.92 Å². The summed E-state index contributed by atoms with van der Waals surface area (Å²) in [4.78, 5) is 21.3. The van der Waals surface area contributed by atoms with E-state index in [1.165, 1.54) is 6.92 Å². The molecule has 0 aliphatic rings. The Kier molecular flexibility index (Phi) is 4.29. The molecule has 0 aromatic carbocycles. The van der Waals surface area contributed by atoms with Crippen LogP contribution in [0.4, 0.5) is 0 Å². The van der Waals surface area contributed by atoms with Gasteiger partial charge in [-0.25, -0.2) is 8.42 Å². The van der Waals surface area contributed by atoms with Crippen molar-refractivity contribution in [1.82, 2.24) is 10.0 Å². The van der Waals surface area contributed by atoms with Gasteiger partial charge in [-0.2, -0.15) is 0 Å². The van der Waals surface area contributed by atoms with Crippen LogP contribution in [0.1, 0.15) is 13.8 Å². The zero-order valence-corrected chi connectivity index (χ0v) is 8.77. The fourth-order valence-corrected chi connectivity index (χ4v) is 1.40. The minimum atomic E-state index is -3.78. The molecule has 2 N–H and O–H groups in total. The predicted molar refractivity (Wildman–Crippen MR) is 50.6 cm³/mol. The maximum absolute atomic E-state index is 11.0. The SMILES string of the molecule is C=C(C)C(=O)NCS(=O)(=O)NC(C)=O. The smallest absolute Gasteiger partial charge is 0.253 e. The number of rotatable bonds is 4. The maximum Gasteiger partial charge on any atom is 0.253 e. The van der Waals surface area contributed by atoms with Crippen molar-refractivity contribution in [1.29, 1.82) is 0 Å². The lowest BCUT2D eigenvalue weighted by Gasteiger charge is -2.05. The minimum absolute atomic E-state index is 0.197. The largest absolute Gasteiger partial charge is 0.337 e. The molecule has 0 aromatic rings. The Morgan fingerprint density at radius 3 is 2.14 bits per heavy atom. The Balaban J connectivity index is 4.20. The van der Waals surface area contributed by atoms with Gasteiger partial charge in [0, 0.05) is 12.5 Å². The molecule has 0 unspecified atom stereocenters. The molecule has 0 rings (SSSR count). The van der Waals surface area contributed by atoms with Crippen molar-refractivity contribution >= 4 is 21.8 Å². The van der Waals surface area contributed by atoms with Crippen LogP contribution in [0, 0.1) is 0 Å². The van der Waals surface area contributed by atoms with Gasteiger partial charge in [-0.15, -0.1) is 0 Å². The Morgan fingerprint density at radius 1 is 1.29 bits per heavy atom. The molecule has 0 heterocycles. The van der Waals surface area contributed by atoms with Crippen LogP contribution in [0.5, 0.6) is 0 Å². The van der Waals surface area contributed by atoms with Crippen molar-refractivity contribution < 1.29 is 18.0 Å². The maximum atomic E-state index is 11.0. The Labute approximate surface area is 82.4 Å². The van der Waals surface area contributed by atoms with E-state index in [9.17, 15) is 18.0 Å². The second-order valence-corrected chi connectivity index (χ2v) is 4.43. The summed E-state index contributed by atoms with van der Waals surface area (Å²) >= 11 is 0. The zero-order chi connectivity index (χ0) is 11.4. The summed E-state index contributed by atoms with van der Waals surface area (Å²) in [5, 5.41) is 2.09. The summed E-state index contributed by atoms with van der Waals surface area (Å²) in [6.07, 6.45) is 0. The monoisotopic (exact) mass is 220 g/mol. The van der Waals surface area contributed by atoms with E-state index in [1.54, 1.807) is 4.72 Å². The van der Waals surface area contributed by atoms with Crippen molar-refractivity contribution in [2.24, 2.45) is 0 Å². The second kappa shape index (κ2) is 4.75. The highest BCUT2D eigenvalue weighted by Gasteiger charge is 2.13. The van der Waals surface area contributed by atoms with Gasteiger partial charge in [0.2, 0.25) is 11.8 Å². The number of hydrogen-bond donors (Lipinski definition) is 2. The van der Waals surface area contributed by atoms with Gasteiger partial charge in [-0.05, 0) is 6.92 Å². The number of sulfonamides is 1. The van der Waals surface area contributed by atoms with Crippen LogP contribution >= 0.6 is 0 Å². The Morgan fingerprint density at radius 2 is 1.79 bits per heavy atom. The molecule has 0 saturated heterocycles. The molecular weight excluding hydrogens is 208 g/mol. The van der Waals surface area contributed by atoms with Gasteiger partial charge in [-0.1, -0.05) is 6.58 Å². The van der Waals surface area contributed by atoms with E-state index in [-0.39, 0.29) is 5.57 Å². The average molecular weight is 220 g/mol.